The van der Waals surface area contributed by atoms with Crippen molar-refractivity contribution in [2.24, 2.45) is 0 Å². The van der Waals surface area contributed by atoms with E-state index in [2.05, 4.69) is 41.3 Å². The van der Waals surface area contributed by atoms with E-state index in [-0.39, 0.29) is 17.7 Å². The standard InChI is InChI=1S/C18H23N3O2/c1-12(2)17-19-18(23-20-17)15-10-16(22)21(11-15)9-8-14-6-4-13(3)5-7-14/h4-7,12,15H,8-11H2,1-3H3. The highest BCUT2D eigenvalue weighted by molar-refractivity contribution is 5.79. The van der Waals surface area contributed by atoms with E-state index in [0.29, 0.717) is 24.7 Å². The molecule has 1 unspecified atom stereocenters. The van der Waals surface area contributed by atoms with Crippen molar-refractivity contribution in [1.82, 2.24) is 15.0 Å². The summed E-state index contributed by atoms with van der Waals surface area (Å²) >= 11 is 0. The number of amides is 1. The number of carbonyl (C=O) groups excluding carboxylic acids is 1. The minimum Gasteiger partial charge on any atom is -0.342 e. The van der Waals surface area contributed by atoms with Gasteiger partial charge >= 0.3 is 0 Å². The number of nitrogens with zero attached hydrogens (tertiary/aromatic N) is 3. The molecule has 0 saturated carbocycles. The normalized spacial score (nSPS) is 18.2. The number of likely N-dealkylation sites (tertiary alicyclic amines) is 1. The summed E-state index contributed by atoms with van der Waals surface area (Å²) in [5.74, 6) is 1.75. The summed E-state index contributed by atoms with van der Waals surface area (Å²) in [5, 5.41) is 4.00. The Morgan fingerprint density at radius 3 is 2.70 bits per heavy atom. The molecule has 3 rings (SSSR count). The lowest BCUT2D eigenvalue weighted by atomic mass is 10.1. The smallest absolute Gasteiger partial charge is 0.232 e. The topological polar surface area (TPSA) is 59.2 Å². The van der Waals surface area contributed by atoms with Crippen molar-refractivity contribution >= 4 is 5.91 Å². The van der Waals surface area contributed by atoms with Crippen molar-refractivity contribution in [2.45, 2.75) is 45.4 Å². The summed E-state index contributed by atoms with van der Waals surface area (Å²) in [6.07, 6.45) is 1.34. The fraction of sp³-hybridized carbons (Fsp3) is 0.500. The number of hydrogen-bond acceptors (Lipinski definition) is 4. The van der Waals surface area contributed by atoms with Gasteiger partial charge in [-0.1, -0.05) is 48.8 Å². The maximum absolute atomic E-state index is 12.2. The Balaban J connectivity index is 1.59. The molecule has 1 fully saturated rings. The Hall–Kier alpha value is -2.17. The van der Waals surface area contributed by atoms with E-state index in [9.17, 15) is 4.79 Å². The van der Waals surface area contributed by atoms with Crippen molar-refractivity contribution < 1.29 is 9.32 Å². The van der Waals surface area contributed by atoms with Crippen molar-refractivity contribution in [3.05, 3.63) is 47.1 Å². The molecule has 23 heavy (non-hydrogen) atoms. The van der Waals surface area contributed by atoms with Gasteiger partial charge in [-0.2, -0.15) is 4.98 Å². The van der Waals surface area contributed by atoms with Crippen LogP contribution in [0, 0.1) is 6.92 Å². The second kappa shape index (κ2) is 6.52. The van der Waals surface area contributed by atoms with Gasteiger partial charge in [-0.25, -0.2) is 0 Å². The van der Waals surface area contributed by atoms with Crippen molar-refractivity contribution in [1.29, 1.82) is 0 Å². The molecule has 1 aliphatic rings. The highest BCUT2D eigenvalue weighted by Crippen LogP contribution is 2.28. The fourth-order valence-corrected chi connectivity index (χ4v) is 2.82. The summed E-state index contributed by atoms with van der Waals surface area (Å²) < 4.78 is 5.34. The molecule has 0 bridgehead atoms. The third kappa shape index (κ3) is 3.60. The summed E-state index contributed by atoms with van der Waals surface area (Å²) in [6.45, 7) is 7.55. The van der Waals surface area contributed by atoms with Crippen LogP contribution >= 0.6 is 0 Å². The molecule has 0 spiro atoms. The molecule has 0 aliphatic carbocycles. The van der Waals surface area contributed by atoms with Gasteiger partial charge in [0.25, 0.3) is 0 Å². The van der Waals surface area contributed by atoms with Gasteiger partial charge in [0.15, 0.2) is 5.82 Å². The quantitative estimate of drug-likeness (QED) is 0.851. The van der Waals surface area contributed by atoms with Crippen LogP contribution in [-0.2, 0) is 11.2 Å². The molecular weight excluding hydrogens is 290 g/mol. The van der Waals surface area contributed by atoms with Crippen molar-refractivity contribution in [2.75, 3.05) is 13.1 Å². The predicted octanol–water partition coefficient (Wildman–Crippen LogP) is 3.06. The molecule has 1 atom stereocenters. The zero-order valence-corrected chi connectivity index (χ0v) is 14.0. The number of carbonyl (C=O) groups is 1. The number of hydrogen-bond donors (Lipinski definition) is 0. The lowest BCUT2D eigenvalue weighted by Crippen LogP contribution is -2.27. The molecule has 1 aromatic carbocycles. The van der Waals surface area contributed by atoms with E-state index in [1.807, 2.05) is 18.7 Å². The van der Waals surface area contributed by atoms with Crippen LogP contribution in [0.5, 0.6) is 0 Å². The summed E-state index contributed by atoms with van der Waals surface area (Å²) in [6, 6.07) is 8.46. The van der Waals surface area contributed by atoms with Crippen LogP contribution in [0.4, 0.5) is 0 Å². The maximum Gasteiger partial charge on any atom is 0.232 e. The molecule has 1 saturated heterocycles. The SMILES string of the molecule is Cc1ccc(CCN2CC(c3nc(C(C)C)no3)CC2=O)cc1. The number of aryl methyl sites for hydroxylation is 1. The minimum absolute atomic E-state index is 0.0283. The lowest BCUT2D eigenvalue weighted by molar-refractivity contribution is -0.127. The van der Waals surface area contributed by atoms with Gasteiger partial charge in [0.05, 0.1) is 5.92 Å². The molecule has 1 aliphatic heterocycles. The van der Waals surface area contributed by atoms with Gasteiger partial charge in [0.1, 0.15) is 0 Å². The lowest BCUT2D eigenvalue weighted by Gasteiger charge is -2.15. The van der Waals surface area contributed by atoms with Crippen molar-refractivity contribution in [3.8, 4) is 0 Å². The van der Waals surface area contributed by atoms with E-state index in [1.165, 1.54) is 11.1 Å². The first-order valence-corrected chi connectivity index (χ1v) is 8.19. The summed E-state index contributed by atoms with van der Waals surface area (Å²) in [5.41, 5.74) is 2.51. The molecule has 2 aromatic rings. The van der Waals surface area contributed by atoms with E-state index in [0.717, 1.165) is 13.0 Å². The highest BCUT2D eigenvalue weighted by atomic mass is 16.5. The van der Waals surface area contributed by atoms with E-state index >= 15 is 0 Å². The average molecular weight is 313 g/mol. The van der Waals surface area contributed by atoms with Crippen LogP contribution in [0.15, 0.2) is 28.8 Å². The Morgan fingerprint density at radius 2 is 2.04 bits per heavy atom. The zero-order valence-electron chi connectivity index (χ0n) is 14.0. The van der Waals surface area contributed by atoms with Crippen LogP contribution in [0.2, 0.25) is 0 Å². The zero-order chi connectivity index (χ0) is 16.4. The first-order chi connectivity index (χ1) is 11.0. The Kier molecular flexibility index (Phi) is 4.46. The molecule has 0 N–H and O–H groups in total. The molecule has 5 nitrogen and oxygen atoms in total. The molecular formula is C18H23N3O2. The van der Waals surface area contributed by atoms with Gasteiger partial charge in [0.2, 0.25) is 11.8 Å². The van der Waals surface area contributed by atoms with E-state index in [1.54, 1.807) is 0 Å². The largest absolute Gasteiger partial charge is 0.342 e. The molecule has 0 radical (unpaired) electrons. The Labute approximate surface area is 136 Å². The molecule has 5 heteroatoms. The molecule has 1 amide bonds. The van der Waals surface area contributed by atoms with E-state index < -0.39 is 0 Å². The average Bonchev–Trinajstić information content (AvgIpc) is 3.14. The third-order valence-electron chi connectivity index (χ3n) is 4.33. The minimum atomic E-state index is 0.0283. The van der Waals surface area contributed by atoms with E-state index in [4.69, 9.17) is 4.52 Å². The Bertz CT molecular complexity index is 676. The highest BCUT2D eigenvalue weighted by Gasteiger charge is 2.34. The van der Waals surface area contributed by atoms with Gasteiger partial charge < -0.3 is 9.42 Å². The van der Waals surface area contributed by atoms with Gasteiger partial charge in [0, 0.05) is 25.4 Å². The fourth-order valence-electron chi connectivity index (χ4n) is 2.82. The van der Waals surface area contributed by atoms with Crippen LogP contribution in [0.1, 0.15) is 54.9 Å². The van der Waals surface area contributed by atoms with Crippen LogP contribution < -0.4 is 0 Å². The number of aromatic nitrogens is 2. The van der Waals surface area contributed by atoms with Crippen molar-refractivity contribution in [3.63, 3.8) is 0 Å². The maximum atomic E-state index is 12.2. The second-order valence-corrected chi connectivity index (χ2v) is 6.62. The second-order valence-electron chi connectivity index (χ2n) is 6.62. The molecule has 2 heterocycles. The predicted molar refractivity (Wildman–Crippen MR) is 87.2 cm³/mol. The summed E-state index contributed by atoms with van der Waals surface area (Å²) in [4.78, 5) is 18.5. The monoisotopic (exact) mass is 313 g/mol. The molecule has 1 aromatic heterocycles. The van der Waals surface area contributed by atoms with Gasteiger partial charge in [-0.05, 0) is 18.9 Å². The van der Waals surface area contributed by atoms with Gasteiger partial charge in [-0.3, -0.25) is 4.79 Å². The molecule has 122 valence electrons. The Morgan fingerprint density at radius 1 is 1.30 bits per heavy atom. The number of rotatable bonds is 5. The van der Waals surface area contributed by atoms with Crippen LogP contribution in [0.25, 0.3) is 0 Å². The van der Waals surface area contributed by atoms with Crippen LogP contribution in [-0.4, -0.2) is 34.0 Å². The number of benzene rings is 1. The first kappa shape index (κ1) is 15.7. The first-order valence-electron chi connectivity index (χ1n) is 8.19. The van der Waals surface area contributed by atoms with Gasteiger partial charge in [-0.15, -0.1) is 0 Å². The third-order valence-corrected chi connectivity index (χ3v) is 4.33. The summed E-state index contributed by atoms with van der Waals surface area (Å²) in [7, 11) is 0. The van der Waals surface area contributed by atoms with Crippen LogP contribution in [0.3, 0.4) is 0 Å².